The lowest BCUT2D eigenvalue weighted by Gasteiger charge is -2.33. The molecular weight excluding hydrogens is 518 g/mol. The summed E-state index contributed by atoms with van der Waals surface area (Å²) in [6.07, 6.45) is 2.93. The number of aliphatic hydroxyl groups is 1. The Bertz CT molecular complexity index is 1280. The Kier molecular flexibility index (Phi) is 8.75. The molecule has 1 aromatic heterocycles. The van der Waals surface area contributed by atoms with Crippen LogP contribution in [0, 0.1) is 0 Å². The van der Waals surface area contributed by atoms with Gasteiger partial charge in [-0.1, -0.05) is 11.6 Å². The highest BCUT2D eigenvalue weighted by molar-refractivity contribution is 7.89. The van der Waals surface area contributed by atoms with Gasteiger partial charge in [-0.3, -0.25) is 0 Å². The summed E-state index contributed by atoms with van der Waals surface area (Å²) in [6, 6.07) is 15.7. The molecule has 0 radical (unpaired) electrons. The first-order valence-electron chi connectivity index (χ1n) is 11.9. The fraction of sp³-hybridized carbons (Fsp3) is 0.346. The average molecular weight is 548 g/mol. The predicted molar refractivity (Wildman–Crippen MR) is 142 cm³/mol. The normalized spacial score (nSPS) is 14.6. The topological polar surface area (TPSA) is 101 Å². The van der Waals surface area contributed by atoms with Crippen LogP contribution in [0.5, 0.6) is 23.0 Å². The summed E-state index contributed by atoms with van der Waals surface area (Å²) in [4.78, 5) is 6.62. The van der Waals surface area contributed by atoms with Crippen LogP contribution in [-0.2, 0) is 10.0 Å². The first-order chi connectivity index (χ1) is 17.8. The fourth-order valence-electron chi connectivity index (χ4n) is 3.87. The molecule has 0 saturated carbocycles. The molecule has 1 aliphatic rings. The van der Waals surface area contributed by atoms with Crippen LogP contribution >= 0.6 is 11.6 Å². The van der Waals surface area contributed by atoms with Crippen molar-refractivity contribution in [1.29, 1.82) is 0 Å². The molecule has 0 bridgehead atoms. The molecule has 4 rings (SSSR count). The van der Waals surface area contributed by atoms with E-state index >= 15 is 0 Å². The van der Waals surface area contributed by atoms with Crippen molar-refractivity contribution in [2.45, 2.75) is 23.8 Å². The highest BCUT2D eigenvalue weighted by atomic mass is 35.5. The van der Waals surface area contributed by atoms with Crippen molar-refractivity contribution in [3.05, 3.63) is 65.8 Å². The molecule has 198 valence electrons. The quantitative estimate of drug-likeness (QED) is 0.403. The molecule has 1 aliphatic heterocycles. The van der Waals surface area contributed by atoms with E-state index in [1.165, 1.54) is 26.4 Å². The van der Waals surface area contributed by atoms with E-state index in [9.17, 15) is 8.42 Å². The molecular formula is C26H30ClN3O6S. The number of rotatable bonds is 10. The predicted octanol–water partition coefficient (Wildman–Crippen LogP) is 4.20. The molecule has 0 unspecified atom stereocenters. The molecule has 0 atom stereocenters. The van der Waals surface area contributed by atoms with Crippen molar-refractivity contribution in [3.8, 4) is 23.0 Å². The van der Waals surface area contributed by atoms with Crippen LogP contribution in [0.25, 0.3) is 0 Å². The number of sulfonamides is 1. The zero-order valence-electron chi connectivity index (χ0n) is 20.7. The van der Waals surface area contributed by atoms with Crippen molar-refractivity contribution in [1.82, 2.24) is 9.29 Å². The Morgan fingerprint density at radius 2 is 1.65 bits per heavy atom. The van der Waals surface area contributed by atoms with Gasteiger partial charge >= 0.3 is 0 Å². The van der Waals surface area contributed by atoms with Gasteiger partial charge in [-0.05, 0) is 48.5 Å². The van der Waals surface area contributed by atoms with Crippen LogP contribution in [0.4, 0.5) is 5.82 Å². The Labute approximate surface area is 222 Å². The van der Waals surface area contributed by atoms with Gasteiger partial charge in [-0.25, -0.2) is 17.7 Å². The smallest absolute Gasteiger partial charge is 0.244 e. The third kappa shape index (κ3) is 6.84. The summed E-state index contributed by atoms with van der Waals surface area (Å²) in [5, 5.41) is 9.60. The van der Waals surface area contributed by atoms with Crippen molar-refractivity contribution in [2.75, 3.05) is 45.3 Å². The number of piperidine rings is 1. The summed E-state index contributed by atoms with van der Waals surface area (Å²) in [7, 11) is -0.758. The number of nitrogens with zero attached hydrogens (tertiary/aromatic N) is 3. The molecule has 1 N–H and O–H groups in total. The third-order valence-electron chi connectivity index (χ3n) is 5.86. The Hall–Kier alpha value is -3.05. The number of halogens is 1. The molecule has 3 aromatic rings. The fourth-order valence-corrected chi connectivity index (χ4v) is 4.86. The number of pyridine rings is 1. The monoisotopic (exact) mass is 547 g/mol. The second-order valence-electron chi connectivity index (χ2n) is 8.68. The summed E-state index contributed by atoms with van der Waals surface area (Å²) in [5.41, 5.74) is 0. The maximum Gasteiger partial charge on any atom is 0.244 e. The van der Waals surface area contributed by atoms with Crippen molar-refractivity contribution >= 4 is 27.4 Å². The van der Waals surface area contributed by atoms with Gasteiger partial charge < -0.3 is 24.2 Å². The maximum atomic E-state index is 12.8. The molecule has 37 heavy (non-hydrogen) atoms. The minimum Gasteiger partial charge on any atom is -0.491 e. The van der Waals surface area contributed by atoms with E-state index in [4.69, 9.17) is 30.9 Å². The van der Waals surface area contributed by atoms with Gasteiger partial charge in [-0.15, -0.1) is 0 Å². The first-order valence-corrected chi connectivity index (χ1v) is 13.7. The molecule has 9 nitrogen and oxygen atoms in total. The van der Waals surface area contributed by atoms with E-state index in [-0.39, 0.29) is 24.2 Å². The summed E-state index contributed by atoms with van der Waals surface area (Å²) in [5.74, 6) is 2.76. The molecule has 1 saturated heterocycles. The van der Waals surface area contributed by atoms with Gasteiger partial charge in [0.1, 0.15) is 34.9 Å². The number of benzene rings is 2. The SMILES string of the molecule is CN(C)S(=O)(=O)c1cnc(N2CCC(Oc3ccc(Cl)cc3)CC2)c(Oc2ccc(OCCO)cc2)c1. The third-order valence-corrected chi connectivity index (χ3v) is 7.89. The molecule has 11 heteroatoms. The van der Waals surface area contributed by atoms with Gasteiger partial charge in [0, 0.05) is 57.3 Å². The molecule has 0 aliphatic carbocycles. The number of aliphatic hydroxyl groups excluding tert-OH is 1. The van der Waals surface area contributed by atoms with Crippen LogP contribution < -0.4 is 19.1 Å². The van der Waals surface area contributed by atoms with Crippen LogP contribution in [-0.4, -0.2) is 69.3 Å². The molecule has 1 fully saturated rings. The van der Waals surface area contributed by atoms with Gasteiger partial charge in [-0.2, -0.15) is 0 Å². The zero-order chi connectivity index (χ0) is 26.4. The zero-order valence-corrected chi connectivity index (χ0v) is 22.3. The van der Waals surface area contributed by atoms with E-state index < -0.39 is 10.0 Å². The highest BCUT2D eigenvalue weighted by Gasteiger charge is 2.26. The lowest BCUT2D eigenvalue weighted by Crippen LogP contribution is -2.39. The summed E-state index contributed by atoms with van der Waals surface area (Å²) >= 11 is 5.96. The Morgan fingerprint density at radius 1 is 1.03 bits per heavy atom. The van der Waals surface area contributed by atoms with E-state index in [1.807, 2.05) is 12.1 Å². The van der Waals surface area contributed by atoms with Gasteiger partial charge in [0.05, 0.1) is 6.61 Å². The molecule has 0 spiro atoms. The maximum absolute atomic E-state index is 12.8. The van der Waals surface area contributed by atoms with Crippen LogP contribution in [0.15, 0.2) is 65.7 Å². The lowest BCUT2D eigenvalue weighted by molar-refractivity contribution is 0.170. The molecule has 2 aromatic carbocycles. The first kappa shape index (κ1) is 27.0. The Morgan fingerprint density at radius 3 is 2.27 bits per heavy atom. The van der Waals surface area contributed by atoms with Gasteiger partial charge in [0.2, 0.25) is 10.0 Å². The number of aromatic nitrogens is 1. The minimum atomic E-state index is -3.70. The average Bonchev–Trinajstić information content (AvgIpc) is 2.90. The highest BCUT2D eigenvalue weighted by Crippen LogP contribution is 2.35. The molecule has 0 amide bonds. The van der Waals surface area contributed by atoms with Gasteiger partial charge in [0.25, 0.3) is 0 Å². The minimum absolute atomic E-state index is 0.0418. The lowest BCUT2D eigenvalue weighted by atomic mass is 10.1. The van der Waals surface area contributed by atoms with E-state index in [0.29, 0.717) is 41.2 Å². The number of ether oxygens (including phenoxy) is 3. The molecule has 2 heterocycles. The number of anilines is 1. The summed E-state index contributed by atoms with van der Waals surface area (Å²) in [6.45, 7) is 1.43. The van der Waals surface area contributed by atoms with Crippen LogP contribution in [0.3, 0.4) is 0 Å². The van der Waals surface area contributed by atoms with Crippen LogP contribution in [0.1, 0.15) is 12.8 Å². The Balaban J connectivity index is 1.53. The van der Waals surface area contributed by atoms with Crippen molar-refractivity contribution < 1.29 is 27.7 Å². The standard InChI is InChI=1S/C26H30ClN3O6S/c1-29(2)37(32,33)24-17-25(36-22-9-7-20(8-10-22)34-16-15-31)26(28-18-24)30-13-11-23(12-14-30)35-21-5-3-19(27)4-6-21/h3-10,17-18,23,31H,11-16H2,1-2H3. The second-order valence-corrected chi connectivity index (χ2v) is 11.3. The van der Waals surface area contributed by atoms with Crippen molar-refractivity contribution in [3.63, 3.8) is 0 Å². The second kappa shape index (κ2) is 12.0. The van der Waals surface area contributed by atoms with Crippen LogP contribution in [0.2, 0.25) is 5.02 Å². The summed E-state index contributed by atoms with van der Waals surface area (Å²) < 4.78 is 44.3. The number of hydrogen-bond acceptors (Lipinski definition) is 8. The van der Waals surface area contributed by atoms with Gasteiger partial charge in [0.15, 0.2) is 11.6 Å². The van der Waals surface area contributed by atoms with E-state index in [1.54, 1.807) is 36.4 Å². The van der Waals surface area contributed by atoms with Crippen molar-refractivity contribution in [2.24, 2.45) is 0 Å². The largest absolute Gasteiger partial charge is 0.491 e. The van der Waals surface area contributed by atoms with E-state index in [2.05, 4.69) is 9.88 Å². The number of hydrogen-bond donors (Lipinski definition) is 1. The van der Waals surface area contributed by atoms with E-state index in [0.717, 1.165) is 22.9 Å².